The molecule has 7 heteroatoms. The molecule has 0 saturated carbocycles. The molecule has 0 radical (unpaired) electrons. The lowest BCUT2D eigenvalue weighted by Crippen LogP contribution is -2.06. The number of benzene rings is 1. The van der Waals surface area contributed by atoms with Gasteiger partial charge in [-0.15, -0.1) is 11.3 Å². The highest BCUT2D eigenvalue weighted by Gasteiger charge is 2.31. The van der Waals surface area contributed by atoms with Crippen LogP contribution in [0.15, 0.2) is 18.2 Å². The Hall–Kier alpha value is -1.89. The van der Waals surface area contributed by atoms with Gasteiger partial charge in [-0.1, -0.05) is 6.92 Å². The van der Waals surface area contributed by atoms with E-state index in [-0.39, 0.29) is 5.91 Å². The van der Waals surface area contributed by atoms with E-state index in [2.05, 4.69) is 10.3 Å². The molecule has 1 heterocycles. The second kappa shape index (κ2) is 6.08. The average molecular weight is 328 g/mol. The van der Waals surface area contributed by atoms with Gasteiger partial charge in [0.05, 0.1) is 11.3 Å². The summed E-state index contributed by atoms with van der Waals surface area (Å²) < 4.78 is 38.8. The fourth-order valence-corrected chi connectivity index (χ4v) is 3.07. The molecule has 0 aliphatic rings. The first-order valence-electron chi connectivity index (χ1n) is 6.67. The molecule has 0 atom stereocenters. The first-order valence-corrected chi connectivity index (χ1v) is 7.49. The largest absolute Gasteiger partial charge is 0.416 e. The van der Waals surface area contributed by atoms with Gasteiger partial charge in [0.25, 0.3) is 0 Å². The van der Waals surface area contributed by atoms with E-state index in [9.17, 15) is 18.0 Å². The summed E-state index contributed by atoms with van der Waals surface area (Å²) >= 11 is 1.28. The van der Waals surface area contributed by atoms with Gasteiger partial charge in [0.1, 0.15) is 0 Å². The summed E-state index contributed by atoms with van der Waals surface area (Å²) in [6.45, 7) is 4.88. The summed E-state index contributed by atoms with van der Waals surface area (Å²) in [6.07, 6.45) is -3.77. The van der Waals surface area contributed by atoms with E-state index >= 15 is 0 Å². The van der Waals surface area contributed by atoms with Gasteiger partial charge in [-0.2, -0.15) is 13.2 Å². The molecule has 0 fully saturated rings. The highest BCUT2D eigenvalue weighted by Crippen LogP contribution is 2.36. The maximum atomic E-state index is 12.9. The molecule has 0 spiro atoms. The zero-order chi connectivity index (χ0) is 16.5. The van der Waals surface area contributed by atoms with E-state index in [0.717, 1.165) is 17.0 Å². The highest BCUT2D eigenvalue weighted by molar-refractivity contribution is 7.16. The smallest absolute Gasteiger partial charge is 0.302 e. The molecule has 0 saturated heterocycles. The van der Waals surface area contributed by atoms with Crippen LogP contribution in [-0.4, -0.2) is 10.9 Å². The third-order valence-corrected chi connectivity index (χ3v) is 4.09. The van der Waals surface area contributed by atoms with Crippen molar-refractivity contribution in [1.82, 2.24) is 4.98 Å². The fourth-order valence-electron chi connectivity index (χ4n) is 2.10. The van der Waals surface area contributed by atoms with Crippen molar-refractivity contribution >= 4 is 22.4 Å². The molecule has 2 rings (SSSR count). The van der Waals surface area contributed by atoms with Crippen LogP contribution in [0.4, 0.5) is 18.3 Å². The quantitative estimate of drug-likeness (QED) is 0.890. The van der Waals surface area contributed by atoms with Gasteiger partial charge in [-0.25, -0.2) is 4.98 Å². The number of carbonyl (C=O) groups is 1. The molecule has 1 amide bonds. The summed E-state index contributed by atoms with van der Waals surface area (Å²) in [7, 11) is 0. The number of rotatable bonds is 3. The number of carbonyl (C=O) groups excluding carboxylic acids is 1. The van der Waals surface area contributed by atoms with Crippen molar-refractivity contribution in [3.05, 3.63) is 34.2 Å². The van der Waals surface area contributed by atoms with Gasteiger partial charge in [-0.3, -0.25) is 4.79 Å². The summed E-state index contributed by atoms with van der Waals surface area (Å²) in [5.74, 6) is -0.261. The summed E-state index contributed by atoms with van der Waals surface area (Å²) in [5.41, 5.74) is 0.724. The van der Waals surface area contributed by atoms with Crippen LogP contribution in [0, 0.1) is 6.92 Å². The van der Waals surface area contributed by atoms with Crippen molar-refractivity contribution in [3.8, 4) is 11.3 Å². The summed E-state index contributed by atoms with van der Waals surface area (Å²) in [5, 5.41) is 2.97. The molecular formula is C15H15F3N2OS. The normalized spacial score (nSPS) is 11.5. The van der Waals surface area contributed by atoms with Crippen molar-refractivity contribution in [2.45, 2.75) is 33.4 Å². The van der Waals surface area contributed by atoms with Crippen molar-refractivity contribution in [3.63, 3.8) is 0 Å². The van der Waals surface area contributed by atoms with Crippen molar-refractivity contribution in [2.24, 2.45) is 0 Å². The Morgan fingerprint density at radius 1 is 1.32 bits per heavy atom. The van der Waals surface area contributed by atoms with Crippen molar-refractivity contribution < 1.29 is 18.0 Å². The lowest BCUT2D eigenvalue weighted by atomic mass is 10.0. The SMILES string of the molecule is CCc1sc(NC(C)=O)nc1-c1cc(C)cc(C(F)(F)F)c1. The number of aryl methyl sites for hydroxylation is 2. The summed E-state index contributed by atoms with van der Waals surface area (Å²) in [6, 6.07) is 3.87. The number of alkyl halides is 3. The van der Waals surface area contributed by atoms with Crippen LogP contribution < -0.4 is 5.32 Å². The first-order chi connectivity index (χ1) is 10.2. The van der Waals surface area contributed by atoms with Gasteiger partial charge < -0.3 is 5.32 Å². The van der Waals surface area contributed by atoms with Crippen LogP contribution in [0.5, 0.6) is 0 Å². The first kappa shape index (κ1) is 16.5. The van der Waals surface area contributed by atoms with Crippen molar-refractivity contribution in [2.75, 3.05) is 5.32 Å². The van der Waals surface area contributed by atoms with E-state index in [1.54, 1.807) is 13.0 Å². The maximum absolute atomic E-state index is 12.9. The third kappa shape index (κ3) is 3.65. The van der Waals surface area contributed by atoms with E-state index in [1.807, 2.05) is 6.92 Å². The number of anilines is 1. The number of amides is 1. The maximum Gasteiger partial charge on any atom is 0.416 e. The Morgan fingerprint density at radius 2 is 2.00 bits per heavy atom. The molecule has 1 aromatic heterocycles. The highest BCUT2D eigenvalue weighted by atomic mass is 32.1. The monoisotopic (exact) mass is 328 g/mol. The summed E-state index contributed by atoms with van der Waals surface area (Å²) in [4.78, 5) is 16.2. The molecular weight excluding hydrogens is 313 g/mol. The molecule has 2 aromatic rings. The minimum Gasteiger partial charge on any atom is -0.302 e. The second-order valence-electron chi connectivity index (χ2n) is 4.91. The van der Waals surface area contributed by atoms with Crippen LogP contribution in [0.1, 0.15) is 29.9 Å². The van der Waals surface area contributed by atoms with Gasteiger partial charge in [-0.05, 0) is 37.1 Å². The lowest BCUT2D eigenvalue weighted by Gasteiger charge is -2.10. The van der Waals surface area contributed by atoms with E-state index < -0.39 is 11.7 Å². The Labute approximate surface area is 130 Å². The number of thiazole rings is 1. The molecule has 0 unspecified atom stereocenters. The standard InChI is InChI=1S/C15H15F3N2OS/c1-4-12-13(20-14(22-12)19-9(3)21)10-5-8(2)6-11(7-10)15(16,17)18/h5-7H,4H2,1-3H3,(H,19,20,21). The third-order valence-electron chi connectivity index (χ3n) is 2.98. The Morgan fingerprint density at radius 3 is 2.55 bits per heavy atom. The lowest BCUT2D eigenvalue weighted by molar-refractivity contribution is -0.137. The molecule has 0 aliphatic heterocycles. The van der Waals surface area contributed by atoms with E-state index in [1.165, 1.54) is 18.3 Å². The molecule has 0 bridgehead atoms. The zero-order valence-electron chi connectivity index (χ0n) is 12.3. The van der Waals surface area contributed by atoms with Crippen LogP contribution in [-0.2, 0) is 17.4 Å². The molecule has 0 aliphatic carbocycles. The van der Waals surface area contributed by atoms with Crippen LogP contribution in [0.2, 0.25) is 0 Å². The average Bonchev–Trinajstić information content (AvgIpc) is 2.79. The van der Waals surface area contributed by atoms with Crippen LogP contribution in [0.25, 0.3) is 11.3 Å². The Kier molecular flexibility index (Phi) is 4.55. The Balaban J connectivity index is 2.53. The number of aromatic nitrogens is 1. The van der Waals surface area contributed by atoms with Crippen LogP contribution in [0.3, 0.4) is 0 Å². The molecule has 1 aromatic carbocycles. The van der Waals surface area contributed by atoms with Gasteiger partial charge in [0.2, 0.25) is 5.91 Å². The number of nitrogens with one attached hydrogen (secondary N) is 1. The Bertz CT molecular complexity index is 707. The zero-order valence-corrected chi connectivity index (χ0v) is 13.2. The number of hydrogen-bond donors (Lipinski definition) is 1. The number of halogens is 3. The topological polar surface area (TPSA) is 42.0 Å². The van der Waals surface area contributed by atoms with Gasteiger partial charge in [0.15, 0.2) is 5.13 Å². The second-order valence-corrected chi connectivity index (χ2v) is 5.99. The fraction of sp³-hybridized carbons (Fsp3) is 0.333. The number of hydrogen-bond acceptors (Lipinski definition) is 3. The van der Waals surface area contributed by atoms with E-state index in [4.69, 9.17) is 0 Å². The number of nitrogens with zero attached hydrogens (tertiary/aromatic N) is 1. The van der Waals surface area contributed by atoms with Crippen molar-refractivity contribution in [1.29, 1.82) is 0 Å². The van der Waals surface area contributed by atoms with Gasteiger partial charge in [0, 0.05) is 17.4 Å². The molecule has 118 valence electrons. The molecule has 22 heavy (non-hydrogen) atoms. The van der Waals surface area contributed by atoms with Crippen LogP contribution >= 0.6 is 11.3 Å². The minimum atomic E-state index is -4.40. The van der Waals surface area contributed by atoms with Gasteiger partial charge >= 0.3 is 6.18 Å². The minimum absolute atomic E-state index is 0.261. The molecule has 3 nitrogen and oxygen atoms in total. The predicted octanol–water partition coefficient (Wildman–Crippen LogP) is 4.66. The van der Waals surface area contributed by atoms with E-state index in [0.29, 0.717) is 28.4 Å². The predicted molar refractivity (Wildman–Crippen MR) is 81.0 cm³/mol. The molecule has 1 N–H and O–H groups in total.